The summed E-state index contributed by atoms with van der Waals surface area (Å²) >= 11 is 0. The van der Waals surface area contributed by atoms with Crippen LogP contribution in [0.2, 0.25) is 0 Å². The zero-order valence-electron chi connectivity index (χ0n) is 4.03. The van der Waals surface area contributed by atoms with E-state index >= 15 is 0 Å². The molecule has 0 aromatic rings. The standard InChI is InChI=1S/CHNO4S.Ba.2H2O.2H/c2-1-6-7(3,4)5;;;;;/h(H,3,4,5);;2*1H2;;. The summed E-state index contributed by atoms with van der Waals surface area (Å²) in [5, 5.41) is 7.39. The summed E-state index contributed by atoms with van der Waals surface area (Å²) in [5.74, 6) is 0. The van der Waals surface area contributed by atoms with Crippen molar-refractivity contribution < 1.29 is 28.1 Å². The van der Waals surface area contributed by atoms with Gasteiger partial charge in [0.05, 0.1) is 0 Å². The van der Waals surface area contributed by atoms with Crippen molar-refractivity contribution in [2.24, 2.45) is 0 Å². The van der Waals surface area contributed by atoms with Crippen molar-refractivity contribution in [1.29, 1.82) is 5.26 Å². The predicted octanol–water partition coefficient (Wildman–Crippen LogP) is -3.28. The van der Waals surface area contributed by atoms with Gasteiger partial charge in [0, 0.05) is 0 Å². The Kier molecular flexibility index (Phi) is 21.7. The molecule has 0 aliphatic heterocycles. The fraction of sp³-hybridized carbons (Fsp3) is 0. The van der Waals surface area contributed by atoms with Crippen molar-refractivity contribution in [2.45, 2.75) is 0 Å². The molecule has 0 aliphatic rings. The quantitative estimate of drug-likeness (QED) is 0.306. The Hall–Kier alpha value is 0.691. The number of hydrogen-bond donors (Lipinski definition) is 1. The van der Waals surface area contributed by atoms with Gasteiger partial charge < -0.3 is 11.0 Å². The number of nitriles is 1. The predicted molar refractivity (Wildman–Crippen MR) is 34.0 cm³/mol. The number of hydrogen-bond acceptors (Lipinski definition) is 4. The van der Waals surface area contributed by atoms with Crippen LogP contribution in [0.1, 0.15) is 0 Å². The first-order valence-corrected chi connectivity index (χ1v) is 2.48. The Balaban J connectivity index is -0.0000000600. The topological polar surface area (TPSA) is 150 Å². The zero-order chi connectivity index (χ0) is 5.91. The van der Waals surface area contributed by atoms with E-state index in [1.54, 1.807) is 0 Å². The fourth-order valence-electron chi connectivity index (χ4n) is 0.0471. The van der Waals surface area contributed by atoms with E-state index in [1.807, 2.05) is 0 Å². The van der Waals surface area contributed by atoms with Crippen LogP contribution in [-0.4, -0.2) is 72.8 Å². The van der Waals surface area contributed by atoms with E-state index in [-0.39, 0.29) is 59.8 Å². The molecule has 0 amide bonds. The maximum absolute atomic E-state index is 9.34. The molecular weight excluding hydrogens is 291 g/mol. The molecule has 0 atom stereocenters. The van der Waals surface area contributed by atoms with Gasteiger partial charge in [-0.25, -0.2) is 0 Å². The first-order chi connectivity index (χ1) is 3.06. The average Bonchev–Trinajstić information content (AvgIpc) is 1.30. The van der Waals surface area contributed by atoms with E-state index in [9.17, 15) is 8.42 Å². The van der Waals surface area contributed by atoms with Gasteiger partial charge in [0.15, 0.2) is 0 Å². The monoisotopic (exact) mass is 299 g/mol. The molecule has 0 fully saturated rings. The third-order valence-corrected chi connectivity index (χ3v) is 0.428. The van der Waals surface area contributed by atoms with Crippen molar-refractivity contribution in [3.8, 4) is 6.26 Å². The summed E-state index contributed by atoms with van der Waals surface area (Å²) in [6.45, 7) is 0. The van der Waals surface area contributed by atoms with Gasteiger partial charge in [0.25, 0.3) is 0 Å². The van der Waals surface area contributed by atoms with Gasteiger partial charge in [-0.1, -0.05) is 0 Å². The second-order valence-corrected chi connectivity index (χ2v) is 1.62. The molecule has 9 heteroatoms. The molecule has 0 saturated heterocycles. The van der Waals surface area contributed by atoms with Crippen LogP contribution in [0.15, 0.2) is 0 Å². The first-order valence-electron chi connectivity index (χ1n) is 1.11. The van der Waals surface area contributed by atoms with Gasteiger partial charge in [-0.15, -0.1) is 5.26 Å². The molecule has 0 unspecified atom stereocenters. The van der Waals surface area contributed by atoms with Crippen LogP contribution in [-0.2, 0) is 14.6 Å². The van der Waals surface area contributed by atoms with Crippen molar-refractivity contribution in [2.75, 3.05) is 0 Å². The summed E-state index contributed by atoms with van der Waals surface area (Å²) in [4.78, 5) is 0. The van der Waals surface area contributed by atoms with Crippen molar-refractivity contribution in [1.82, 2.24) is 0 Å². The molecule has 0 spiro atoms. The molecule has 0 radical (unpaired) electrons. The normalized spacial score (nSPS) is 6.80. The van der Waals surface area contributed by atoms with Gasteiger partial charge in [-0.3, -0.25) is 8.74 Å². The van der Waals surface area contributed by atoms with Gasteiger partial charge in [-0.05, 0) is 0 Å². The molecule has 0 bridgehead atoms. The van der Waals surface area contributed by atoms with E-state index < -0.39 is 10.4 Å². The number of rotatable bonds is 1. The molecule has 10 heavy (non-hydrogen) atoms. The Morgan fingerprint density at radius 3 is 1.70 bits per heavy atom. The van der Waals surface area contributed by atoms with E-state index in [0.717, 1.165) is 6.26 Å². The van der Waals surface area contributed by atoms with E-state index in [1.165, 1.54) is 0 Å². The van der Waals surface area contributed by atoms with Crippen molar-refractivity contribution >= 4 is 59.3 Å². The SMILES string of the molecule is N#COS(=O)(=O)O.O.O.[BaH2]. The maximum atomic E-state index is 9.34. The minimum atomic E-state index is -4.54. The number of nitrogens with zero attached hydrogens (tertiary/aromatic N) is 1. The molecule has 60 valence electrons. The average molecular weight is 298 g/mol. The fourth-order valence-corrected chi connectivity index (χ4v) is 0.141. The Morgan fingerprint density at radius 1 is 1.40 bits per heavy atom. The second-order valence-electron chi connectivity index (χ2n) is 0.602. The van der Waals surface area contributed by atoms with Crippen LogP contribution in [0.3, 0.4) is 0 Å². The van der Waals surface area contributed by atoms with Crippen LogP contribution >= 0.6 is 0 Å². The first kappa shape index (κ1) is 22.4. The van der Waals surface area contributed by atoms with E-state index in [0.29, 0.717) is 0 Å². The molecule has 5 N–H and O–H groups in total. The third kappa shape index (κ3) is 23.4. The van der Waals surface area contributed by atoms with Gasteiger partial charge in [-0.2, -0.15) is 8.42 Å². The molecule has 7 nitrogen and oxygen atoms in total. The molecular formula is CH7BaNO6S. The molecule has 0 aliphatic carbocycles. The molecule has 0 rings (SSSR count). The van der Waals surface area contributed by atoms with Crippen LogP contribution in [0.25, 0.3) is 0 Å². The summed E-state index contributed by atoms with van der Waals surface area (Å²) < 4.78 is 29.3. The van der Waals surface area contributed by atoms with Gasteiger partial charge >= 0.3 is 65.5 Å². The Morgan fingerprint density at radius 2 is 1.70 bits per heavy atom. The molecule has 0 heterocycles. The zero-order valence-corrected chi connectivity index (χ0v) is 4.84. The van der Waals surface area contributed by atoms with Gasteiger partial charge in [0.1, 0.15) is 0 Å². The van der Waals surface area contributed by atoms with Crippen molar-refractivity contribution in [3.63, 3.8) is 0 Å². The summed E-state index contributed by atoms with van der Waals surface area (Å²) in [6, 6.07) is 0. The molecule has 0 aromatic heterocycles. The van der Waals surface area contributed by atoms with Crippen LogP contribution in [0.4, 0.5) is 0 Å². The van der Waals surface area contributed by atoms with Crippen molar-refractivity contribution in [3.05, 3.63) is 0 Å². The summed E-state index contributed by atoms with van der Waals surface area (Å²) in [7, 11) is -4.54. The van der Waals surface area contributed by atoms with Crippen LogP contribution in [0, 0.1) is 11.5 Å². The van der Waals surface area contributed by atoms with Crippen LogP contribution in [0.5, 0.6) is 0 Å². The second kappa shape index (κ2) is 9.69. The Bertz CT molecular complexity index is 178. The van der Waals surface area contributed by atoms with Crippen LogP contribution < -0.4 is 0 Å². The minimum absolute atomic E-state index is 0. The molecule has 0 saturated carbocycles. The molecule has 0 aromatic carbocycles. The summed E-state index contributed by atoms with van der Waals surface area (Å²) in [6.07, 6.45) is 0.770. The third-order valence-electron chi connectivity index (χ3n) is 0.143. The van der Waals surface area contributed by atoms with Gasteiger partial charge in [0.2, 0.25) is 0 Å². The van der Waals surface area contributed by atoms with E-state index in [4.69, 9.17) is 9.81 Å². The van der Waals surface area contributed by atoms with E-state index in [2.05, 4.69) is 4.18 Å². The Labute approximate surface area is 97.6 Å². The summed E-state index contributed by atoms with van der Waals surface area (Å²) in [5.41, 5.74) is 0.